The minimum absolute atomic E-state index is 0.0872. The molecule has 0 aliphatic heterocycles. The van der Waals surface area contributed by atoms with Crippen LogP contribution in [0.15, 0.2) is 18.2 Å². The Balaban J connectivity index is 3.53. The molecule has 0 fully saturated rings. The van der Waals surface area contributed by atoms with E-state index in [0.717, 1.165) is 12.1 Å². The number of ether oxygens (including phenoxy) is 1. The number of alkyl halides is 5. The molecule has 2 N–H and O–H groups in total. The highest BCUT2D eigenvalue weighted by Gasteiger charge is 2.63. The molecule has 1 aromatic carbocycles. The Kier molecular flexibility index (Phi) is 6.48. The van der Waals surface area contributed by atoms with Crippen LogP contribution in [0.3, 0.4) is 0 Å². The molecular formula is C16H18F5O7S-. The monoisotopic (exact) mass is 449 g/mol. The lowest BCUT2D eigenvalue weighted by atomic mass is 9.89. The molecule has 0 spiro atoms. The summed E-state index contributed by atoms with van der Waals surface area (Å²) >= 11 is 0. The number of aliphatic hydroxyl groups is 2. The van der Waals surface area contributed by atoms with Crippen molar-refractivity contribution < 1.29 is 54.7 Å². The van der Waals surface area contributed by atoms with Crippen LogP contribution in [0.5, 0.6) is 0 Å². The van der Waals surface area contributed by atoms with E-state index in [4.69, 9.17) is 0 Å². The minimum atomic E-state index is -6.84. The quantitative estimate of drug-likeness (QED) is 0.388. The number of hydrogen-bond donors (Lipinski definition) is 2. The van der Waals surface area contributed by atoms with Crippen LogP contribution in [0, 0.1) is 0 Å². The second-order valence-electron chi connectivity index (χ2n) is 7.26. The third-order valence-corrected chi connectivity index (χ3v) is 4.62. The van der Waals surface area contributed by atoms with Gasteiger partial charge in [-0.15, -0.1) is 0 Å². The van der Waals surface area contributed by atoms with Gasteiger partial charge in [0.05, 0.1) is 16.8 Å². The summed E-state index contributed by atoms with van der Waals surface area (Å²) in [4.78, 5) is 12.1. The van der Waals surface area contributed by atoms with Crippen LogP contribution in [0.1, 0.15) is 49.2 Å². The maximum absolute atomic E-state index is 13.5. The standard InChI is InChI=1S/C16H19F5O7S/c1-13(2,23)9-5-8(6-10(7-9)14(3,4)24)11(22)28-12(15(17,18)19)16(20,21)29(25,26)27/h5-7,12,23-24H,1-4H3,(H,25,26,27)/p-1. The van der Waals surface area contributed by atoms with E-state index in [1.165, 1.54) is 33.8 Å². The number of carbonyl (C=O) groups excluding carboxylic acids is 1. The van der Waals surface area contributed by atoms with Crippen LogP contribution in [-0.2, 0) is 26.1 Å². The van der Waals surface area contributed by atoms with E-state index < -0.39 is 50.4 Å². The average molecular weight is 449 g/mol. The van der Waals surface area contributed by atoms with Crippen molar-refractivity contribution in [2.75, 3.05) is 0 Å². The van der Waals surface area contributed by atoms with Crippen LogP contribution in [0.2, 0.25) is 0 Å². The first-order chi connectivity index (χ1) is 12.6. The fraction of sp³-hybridized carbons (Fsp3) is 0.562. The van der Waals surface area contributed by atoms with Crippen LogP contribution >= 0.6 is 0 Å². The number of carbonyl (C=O) groups is 1. The lowest BCUT2D eigenvalue weighted by Gasteiger charge is -2.30. The molecule has 0 amide bonds. The van der Waals surface area contributed by atoms with Crippen molar-refractivity contribution in [2.24, 2.45) is 0 Å². The van der Waals surface area contributed by atoms with Gasteiger partial charge in [0, 0.05) is 0 Å². The van der Waals surface area contributed by atoms with Gasteiger partial charge in [0.2, 0.25) is 0 Å². The molecule has 0 bridgehead atoms. The smallest absolute Gasteiger partial charge is 0.432 e. The Morgan fingerprint density at radius 2 is 1.34 bits per heavy atom. The third-order valence-electron chi connectivity index (χ3n) is 3.74. The van der Waals surface area contributed by atoms with Crippen LogP contribution in [-0.4, -0.2) is 46.7 Å². The van der Waals surface area contributed by atoms with E-state index in [1.807, 2.05) is 0 Å². The molecule has 13 heteroatoms. The summed E-state index contributed by atoms with van der Waals surface area (Å²) in [5.74, 6) is -2.05. The van der Waals surface area contributed by atoms with E-state index in [-0.39, 0.29) is 11.1 Å². The average Bonchev–Trinajstić information content (AvgIpc) is 2.47. The first-order valence-electron chi connectivity index (χ1n) is 7.80. The van der Waals surface area contributed by atoms with E-state index in [0.29, 0.717) is 0 Å². The molecule has 0 saturated carbocycles. The van der Waals surface area contributed by atoms with Gasteiger partial charge in [0.25, 0.3) is 6.10 Å². The molecule has 0 aliphatic carbocycles. The van der Waals surface area contributed by atoms with Crippen molar-refractivity contribution in [3.8, 4) is 0 Å². The molecule has 1 atom stereocenters. The third kappa shape index (κ3) is 5.84. The Morgan fingerprint density at radius 1 is 0.966 bits per heavy atom. The maximum Gasteiger partial charge on any atom is 0.432 e. The van der Waals surface area contributed by atoms with Crippen molar-refractivity contribution in [1.29, 1.82) is 0 Å². The lowest BCUT2D eigenvalue weighted by molar-refractivity contribution is -0.248. The van der Waals surface area contributed by atoms with E-state index in [9.17, 15) is 49.9 Å². The predicted octanol–water partition coefficient (Wildman–Crippen LogP) is 2.37. The Morgan fingerprint density at radius 3 is 1.62 bits per heavy atom. The summed E-state index contributed by atoms with van der Waals surface area (Å²) < 4.78 is 101. The lowest BCUT2D eigenvalue weighted by Crippen LogP contribution is -2.52. The summed E-state index contributed by atoms with van der Waals surface area (Å²) in [6.07, 6.45) is -10.7. The first kappa shape index (κ1) is 25.2. The molecule has 0 heterocycles. The summed E-state index contributed by atoms with van der Waals surface area (Å²) in [5.41, 5.74) is -4.30. The van der Waals surface area contributed by atoms with Gasteiger partial charge < -0.3 is 19.5 Å². The maximum atomic E-state index is 13.5. The van der Waals surface area contributed by atoms with Crippen molar-refractivity contribution in [2.45, 2.75) is 56.4 Å². The second-order valence-corrected chi connectivity index (χ2v) is 8.71. The summed E-state index contributed by atoms with van der Waals surface area (Å²) in [6.45, 7) is 4.95. The van der Waals surface area contributed by atoms with Crippen molar-refractivity contribution in [3.63, 3.8) is 0 Å². The number of benzene rings is 1. The minimum Gasteiger partial charge on any atom is -0.743 e. The number of hydrogen-bond acceptors (Lipinski definition) is 7. The number of esters is 1. The molecule has 0 aliphatic rings. The highest BCUT2D eigenvalue weighted by molar-refractivity contribution is 7.86. The van der Waals surface area contributed by atoms with Gasteiger partial charge in [0.15, 0.2) is 10.1 Å². The largest absolute Gasteiger partial charge is 0.743 e. The van der Waals surface area contributed by atoms with Gasteiger partial charge in [-0.3, -0.25) is 0 Å². The first-order valence-corrected chi connectivity index (χ1v) is 9.21. The van der Waals surface area contributed by atoms with Crippen LogP contribution in [0.25, 0.3) is 0 Å². The summed E-state index contributed by atoms with van der Waals surface area (Å²) in [7, 11) is -6.84. The molecule has 1 unspecified atom stereocenters. The molecule has 0 saturated heterocycles. The van der Waals surface area contributed by atoms with Gasteiger partial charge in [-0.1, -0.05) is 6.07 Å². The topological polar surface area (TPSA) is 124 Å². The molecule has 1 aromatic rings. The van der Waals surface area contributed by atoms with Crippen molar-refractivity contribution in [1.82, 2.24) is 0 Å². The highest BCUT2D eigenvalue weighted by Crippen LogP contribution is 2.38. The highest BCUT2D eigenvalue weighted by atomic mass is 32.2. The Bertz CT molecular complexity index is 848. The number of halogens is 5. The van der Waals surface area contributed by atoms with Gasteiger partial charge in [0.1, 0.15) is 0 Å². The molecule has 7 nitrogen and oxygen atoms in total. The molecule has 0 radical (unpaired) electrons. The van der Waals surface area contributed by atoms with Gasteiger partial charge in [-0.2, -0.15) is 22.0 Å². The molecule has 166 valence electrons. The molecule has 0 aromatic heterocycles. The molecule has 1 rings (SSSR count). The normalized spacial score (nSPS) is 15.2. The van der Waals surface area contributed by atoms with Gasteiger partial charge in [-0.05, 0) is 51.0 Å². The van der Waals surface area contributed by atoms with E-state index in [1.54, 1.807) is 0 Å². The van der Waals surface area contributed by atoms with E-state index in [2.05, 4.69) is 4.74 Å². The predicted molar refractivity (Wildman–Crippen MR) is 86.8 cm³/mol. The van der Waals surface area contributed by atoms with Crippen LogP contribution < -0.4 is 0 Å². The zero-order valence-electron chi connectivity index (χ0n) is 15.5. The zero-order valence-corrected chi connectivity index (χ0v) is 16.4. The molecule has 29 heavy (non-hydrogen) atoms. The summed E-state index contributed by atoms with van der Waals surface area (Å²) in [6, 6.07) is 2.85. The fourth-order valence-corrected chi connectivity index (χ4v) is 2.53. The second kappa shape index (κ2) is 7.45. The van der Waals surface area contributed by atoms with Gasteiger partial charge in [-0.25, -0.2) is 13.2 Å². The SMILES string of the molecule is CC(C)(O)c1cc(C(=O)OC(C(F)(F)F)C(F)(F)S(=O)(=O)[O-])cc(C(C)(C)O)c1. The number of rotatable bonds is 6. The van der Waals surface area contributed by atoms with Crippen molar-refractivity contribution in [3.05, 3.63) is 34.9 Å². The van der Waals surface area contributed by atoms with Crippen molar-refractivity contribution >= 4 is 16.1 Å². The van der Waals surface area contributed by atoms with Crippen LogP contribution in [0.4, 0.5) is 22.0 Å². The Labute approximate surface area is 162 Å². The Hall–Kier alpha value is -1.83. The summed E-state index contributed by atoms with van der Waals surface area (Å²) in [5, 5.41) is 14.2. The van der Waals surface area contributed by atoms with E-state index >= 15 is 0 Å². The zero-order chi connectivity index (χ0) is 23.2. The fourth-order valence-electron chi connectivity index (χ4n) is 2.08. The molecular weight excluding hydrogens is 431 g/mol. The van der Waals surface area contributed by atoms with Gasteiger partial charge >= 0.3 is 17.4 Å².